The highest BCUT2D eigenvalue weighted by Gasteiger charge is 2.05. The van der Waals surface area contributed by atoms with Crippen molar-refractivity contribution in [2.75, 3.05) is 26.2 Å². The molecule has 2 aromatic carbocycles. The number of benzene rings is 2. The Morgan fingerprint density at radius 2 is 1.37 bits per heavy atom. The van der Waals surface area contributed by atoms with Gasteiger partial charge in [-0.2, -0.15) is 0 Å². The molecule has 0 saturated carbocycles. The predicted octanol–water partition coefficient (Wildman–Crippen LogP) is 6.49. The van der Waals surface area contributed by atoms with Gasteiger partial charge >= 0.3 is 0 Å². The summed E-state index contributed by atoms with van der Waals surface area (Å²) in [6, 6.07) is 18.7. The van der Waals surface area contributed by atoms with Crippen LogP contribution in [0.3, 0.4) is 0 Å². The van der Waals surface area contributed by atoms with Crippen LogP contribution >= 0.6 is 24.8 Å². The molecule has 5 heteroatoms. The predicted molar refractivity (Wildman–Crippen MR) is 134 cm³/mol. The number of hydrogen-bond acceptors (Lipinski definition) is 3. The second-order valence-corrected chi connectivity index (χ2v) is 7.46. The molecule has 2 rings (SSSR count). The number of nitrogens with one attached hydrogen (secondary N) is 1. The molecule has 0 bridgehead atoms. The first-order valence-corrected chi connectivity index (χ1v) is 11.0. The van der Waals surface area contributed by atoms with Gasteiger partial charge in [0, 0.05) is 12.1 Å². The highest BCUT2D eigenvalue weighted by molar-refractivity contribution is 5.85. The maximum Gasteiger partial charge on any atom is 0.124 e. The maximum absolute atomic E-state index is 6.06. The van der Waals surface area contributed by atoms with Crippen LogP contribution in [0.4, 0.5) is 0 Å². The van der Waals surface area contributed by atoms with Gasteiger partial charge in [-0.15, -0.1) is 24.8 Å². The lowest BCUT2D eigenvalue weighted by atomic mass is 10.2. The quantitative estimate of drug-likeness (QED) is 0.311. The Morgan fingerprint density at radius 3 is 2.03 bits per heavy atom. The van der Waals surface area contributed by atoms with E-state index in [1.54, 1.807) is 0 Å². The summed E-state index contributed by atoms with van der Waals surface area (Å²) in [4.78, 5) is 2.63. The van der Waals surface area contributed by atoms with Gasteiger partial charge in [-0.1, -0.05) is 75.2 Å². The third-order valence-electron chi connectivity index (χ3n) is 5.01. The van der Waals surface area contributed by atoms with E-state index in [0.29, 0.717) is 6.61 Å². The molecule has 0 saturated heterocycles. The lowest BCUT2D eigenvalue weighted by Gasteiger charge is -2.22. The second kappa shape index (κ2) is 18.5. The van der Waals surface area contributed by atoms with Crippen LogP contribution in [0.5, 0.6) is 5.75 Å². The first-order chi connectivity index (χ1) is 13.8. The summed E-state index contributed by atoms with van der Waals surface area (Å²) in [6.07, 6.45) is 6.37. The van der Waals surface area contributed by atoms with Gasteiger partial charge in [0.25, 0.3) is 0 Å². The third-order valence-corrected chi connectivity index (χ3v) is 5.01. The number of hydrogen-bond donors (Lipinski definition) is 1. The van der Waals surface area contributed by atoms with Crippen LogP contribution < -0.4 is 10.1 Å². The van der Waals surface area contributed by atoms with E-state index in [9.17, 15) is 0 Å². The van der Waals surface area contributed by atoms with Gasteiger partial charge in [0.05, 0.1) is 0 Å². The largest absolute Gasteiger partial charge is 0.489 e. The van der Waals surface area contributed by atoms with Crippen molar-refractivity contribution in [1.82, 2.24) is 10.2 Å². The molecule has 0 unspecified atom stereocenters. The molecular weight excluding hydrogens is 415 g/mol. The zero-order valence-electron chi connectivity index (χ0n) is 18.6. The van der Waals surface area contributed by atoms with Crippen molar-refractivity contribution in [3.63, 3.8) is 0 Å². The number of ether oxygens (including phenoxy) is 1. The van der Waals surface area contributed by atoms with Gasteiger partial charge in [0.1, 0.15) is 12.4 Å². The lowest BCUT2D eigenvalue weighted by Crippen LogP contribution is -2.29. The highest BCUT2D eigenvalue weighted by atomic mass is 35.5. The van der Waals surface area contributed by atoms with Crippen molar-refractivity contribution in [2.45, 2.75) is 59.1 Å². The number of halogens is 2. The molecule has 3 nitrogen and oxygen atoms in total. The summed E-state index contributed by atoms with van der Waals surface area (Å²) in [5.41, 5.74) is 2.43. The van der Waals surface area contributed by atoms with E-state index in [1.807, 2.05) is 12.1 Å². The highest BCUT2D eigenvalue weighted by Crippen LogP contribution is 2.19. The molecule has 0 aliphatic rings. The third kappa shape index (κ3) is 11.8. The van der Waals surface area contributed by atoms with Gasteiger partial charge in [-0.3, -0.25) is 0 Å². The number of unbranched alkanes of at least 4 members (excludes halogenated alkanes) is 2. The van der Waals surface area contributed by atoms with E-state index >= 15 is 0 Å². The molecule has 0 atom stereocenters. The Bertz CT molecular complexity index is 632. The van der Waals surface area contributed by atoms with Gasteiger partial charge in [0.15, 0.2) is 0 Å². The average Bonchev–Trinajstić information content (AvgIpc) is 2.74. The summed E-state index contributed by atoms with van der Waals surface area (Å²) in [6.45, 7) is 10.7. The van der Waals surface area contributed by atoms with Crippen molar-refractivity contribution in [2.24, 2.45) is 0 Å². The van der Waals surface area contributed by atoms with E-state index in [1.165, 1.54) is 62.9 Å². The summed E-state index contributed by atoms with van der Waals surface area (Å²) in [7, 11) is 0. The molecule has 0 radical (unpaired) electrons. The van der Waals surface area contributed by atoms with Crippen LogP contribution in [0.15, 0.2) is 54.6 Å². The fraction of sp³-hybridized carbons (Fsp3) is 0.520. The minimum atomic E-state index is 0. The molecule has 0 fully saturated rings. The van der Waals surface area contributed by atoms with E-state index in [0.717, 1.165) is 18.8 Å². The Labute approximate surface area is 196 Å². The molecule has 0 spiro atoms. The van der Waals surface area contributed by atoms with Crippen molar-refractivity contribution < 1.29 is 4.74 Å². The Hall–Kier alpha value is -1.26. The SMILES string of the molecule is CCCCN(CCCC)CCCNCc1ccccc1OCc1ccccc1.Cl.Cl. The number of para-hydroxylation sites is 1. The van der Waals surface area contributed by atoms with Gasteiger partial charge < -0.3 is 15.0 Å². The zero-order valence-corrected chi connectivity index (χ0v) is 20.3. The summed E-state index contributed by atoms with van der Waals surface area (Å²) in [5, 5.41) is 3.60. The van der Waals surface area contributed by atoms with Crippen molar-refractivity contribution in [1.29, 1.82) is 0 Å². The molecule has 0 aliphatic heterocycles. The van der Waals surface area contributed by atoms with Gasteiger partial charge in [0.2, 0.25) is 0 Å². The van der Waals surface area contributed by atoms with Crippen LogP contribution in [-0.4, -0.2) is 31.1 Å². The summed E-state index contributed by atoms with van der Waals surface area (Å²) in [5.74, 6) is 0.978. The molecule has 0 aliphatic carbocycles. The molecule has 0 amide bonds. The fourth-order valence-electron chi connectivity index (χ4n) is 3.28. The summed E-state index contributed by atoms with van der Waals surface area (Å²) >= 11 is 0. The molecular formula is C25H40Cl2N2O. The van der Waals surface area contributed by atoms with E-state index in [2.05, 4.69) is 66.5 Å². The average molecular weight is 456 g/mol. The Balaban J connectivity index is 0.00000420. The van der Waals surface area contributed by atoms with Crippen molar-refractivity contribution >= 4 is 24.8 Å². The molecule has 1 N–H and O–H groups in total. The van der Waals surface area contributed by atoms with Crippen LogP contribution in [0, 0.1) is 0 Å². The lowest BCUT2D eigenvalue weighted by molar-refractivity contribution is 0.260. The van der Waals surface area contributed by atoms with E-state index in [4.69, 9.17) is 4.74 Å². The molecule has 30 heavy (non-hydrogen) atoms. The minimum absolute atomic E-state index is 0. The Kier molecular flexibility index (Phi) is 17.7. The van der Waals surface area contributed by atoms with E-state index in [-0.39, 0.29) is 24.8 Å². The smallest absolute Gasteiger partial charge is 0.124 e. The number of rotatable bonds is 15. The fourth-order valence-corrected chi connectivity index (χ4v) is 3.28. The normalized spacial score (nSPS) is 10.4. The molecule has 0 heterocycles. The van der Waals surface area contributed by atoms with Gasteiger partial charge in [-0.25, -0.2) is 0 Å². The molecule has 0 aromatic heterocycles. The monoisotopic (exact) mass is 454 g/mol. The first-order valence-electron chi connectivity index (χ1n) is 11.0. The van der Waals surface area contributed by atoms with Crippen LogP contribution in [-0.2, 0) is 13.2 Å². The van der Waals surface area contributed by atoms with Crippen LogP contribution in [0.1, 0.15) is 57.1 Å². The minimum Gasteiger partial charge on any atom is -0.489 e. The number of nitrogens with zero attached hydrogens (tertiary/aromatic N) is 1. The second-order valence-electron chi connectivity index (χ2n) is 7.46. The Morgan fingerprint density at radius 1 is 0.767 bits per heavy atom. The van der Waals surface area contributed by atoms with Crippen LogP contribution in [0.2, 0.25) is 0 Å². The van der Waals surface area contributed by atoms with Crippen LogP contribution in [0.25, 0.3) is 0 Å². The molecule has 170 valence electrons. The first kappa shape index (κ1) is 28.7. The van der Waals surface area contributed by atoms with Crippen molar-refractivity contribution in [3.8, 4) is 5.75 Å². The molecule has 2 aromatic rings. The van der Waals surface area contributed by atoms with Crippen molar-refractivity contribution in [3.05, 3.63) is 65.7 Å². The standard InChI is InChI=1S/C25H38N2O.2ClH/c1-3-5-18-27(19-6-4-2)20-12-17-26-21-24-15-10-11-16-25(24)28-22-23-13-8-7-9-14-23;;/h7-11,13-16,26H,3-6,12,17-22H2,1-2H3;2*1H. The van der Waals surface area contributed by atoms with E-state index < -0.39 is 0 Å². The maximum atomic E-state index is 6.06. The zero-order chi connectivity index (χ0) is 19.9. The summed E-state index contributed by atoms with van der Waals surface area (Å²) < 4.78 is 6.06. The topological polar surface area (TPSA) is 24.5 Å². The van der Waals surface area contributed by atoms with Gasteiger partial charge in [-0.05, 0) is 57.1 Å².